The minimum absolute atomic E-state index is 0.189. The Balaban J connectivity index is 1.84. The van der Waals surface area contributed by atoms with Crippen LogP contribution < -0.4 is 5.32 Å². The topological polar surface area (TPSA) is 39.1 Å². The van der Waals surface area contributed by atoms with Crippen LogP contribution in [0.25, 0.3) is 0 Å². The Bertz CT molecular complexity index is 425. The third kappa shape index (κ3) is 4.68. The number of aromatic nitrogens is 2. The number of hydrogen-bond donors (Lipinski definition) is 1. The van der Waals surface area contributed by atoms with Crippen LogP contribution in [0, 0.1) is 5.82 Å². The minimum atomic E-state index is -1.06. The summed E-state index contributed by atoms with van der Waals surface area (Å²) in [6, 6.07) is 1.12. The first-order chi connectivity index (χ1) is 9.46. The average molecular weight is 299 g/mol. The molecule has 0 amide bonds. The maximum absolute atomic E-state index is 13.9. The second-order valence-corrected chi connectivity index (χ2v) is 12.4. The van der Waals surface area contributed by atoms with Crippen molar-refractivity contribution >= 4 is 8.07 Å². The second-order valence-electron chi connectivity index (χ2n) is 6.77. The summed E-state index contributed by atoms with van der Waals surface area (Å²) >= 11 is 0. The Morgan fingerprint density at radius 3 is 2.75 bits per heavy atom. The highest BCUT2D eigenvalue weighted by molar-refractivity contribution is 6.76. The molecular formula is C14H26FN3OSi. The van der Waals surface area contributed by atoms with Crippen molar-refractivity contribution in [1.29, 1.82) is 0 Å². The summed E-state index contributed by atoms with van der Waals surface area (Å²) in [5.74, 6) is 0.0604. The Hall–Kier alpha value is -0.723. The van der Waals surface area contributed by atoms with E-state index in [0.29, 0.717) is 12.4 Å². The van der Waals surface area contributed by atoms with Crippen molar-refractivity contribution in [1.82, 2.24) is 15.1 Å². The largest absolute Gasteiger partial charge is 0.360 e. The minimum Gasteiger partial charge on any atom is -0.360 e. The summed E-state index contributed by atoms with van der Waals surface area (Å²) < 4.78 is 21.1. The fraction of sp³-hybridized carbons (Fsp3) is 0.786. The molecule has 1 saturated heterocycles. The van der Waals surface area contributed by atoms with E-state index in [4.69, 9.17) is 4.74 Å². The van der Waals surface area contributed by atoms with E-state index in [1.54, 1.807) is 4.68 Å². The molecule has 0 aliphatic carbocycles. The molecule has 0 spiro atoms. The highest BCUT2D eigenvalue weighted by atomic mass is 28.3. The van der Waals surface area contributed by atoms with Crippen LogP contribution in [0.5, 0.6) is 0 Å². The number of nitrogens with one attached hydrogen (secondary N) is 1. The second kappa shape index (κ2) is 6.82. The summed E-state index contributed by atoms with van der Waals surface area (Å²) in [7, 11) is -1.06. The quantitative estimate of drug-likeness (QED) is 0.648. The summed E-state index contributed by atoms with van der Waals surface area (Å²) in [5, 5.41) is 7.66. The van der Waals surface area contributed by atoms with Crippen molar-refractivity contribution in [3.63, 3.8) is 0 Å². The standard InChI is InChI=1S/C14H26FN3OSi/c1-20(2,3)9-8-19-11-18-10-13(15)14(17-18)12-4-6-16-7-5-12/h10,12,16H,4-9,11H2,1-3H3. The van der Waals surface area contributed by atoms with Crippen LogP contribution >= 0.6 is 0 Å². The molecule has 0 atom stereocenters. The Labute approximate surface area is 121 Å². The lowest BCUT2D eigenvalue weighted by molar-refractivity contribution is 0.0779. The van der Waals surface area contributed by atoms with Gasteiger partial charge in [0.05, 0.1) is 6.20 Å². The maximum Gasteiger partial charge on any atom is 0.164 e. The van der Waals surface area contributed by atoms with Gasteiger partial charge in [-0.2, -0.15) is 5.10 Å². The molecule has 114 valence electrons. The predicted octanol–water partition coefficient (Wildman–Crippen LogP) is 2.80. The first kappa shape index (κ1) is 15.7. The average Bonchev–Trinajstić information content (AvgIpc) is 2.76. The molecular weight excluding hydrogens is 273 g/mol. The van der Waals surface area contributed by atoms with Gasteiger partial charge in [0, 0.05) is 20.6 Å². The molecule has 0 saturated carbocycles. The normalized spacial score (nSPS) is 17.6. The van der Waals surface area contributed by atoms with Crippen molar-refractivity contribution in [3.8, 4) is 0 Å². The van der Waals surface area contributed by atoms with Crippen LogP contribution in [0.3, 0.4) is 0 Å². The number of ether oxygens (including phenoxy) is 1. The number of halogens is 1. The van der Waals surface area contributed by atoms with Gasteiger partial charge >= 0.3 is 0 Å². The molecule has 0 unspecified atom stereocenters. The summed E-state index contributed by atoms with van der Waals surface area (Å²) in [5.41, 5.74) is 0.611. The molecule has 0 bridgehead atoms. The van der Waals surface area contributed by atoms with E-state index >= 15 is 0 Å². The fourth-order valence-electron chi connectivity index (χ4n) is 2.39. The van der Waals surface area contributed by atoms with E-state index in [1.807, 2.05) is 0 Å². The van der Waals surface area contributed by atoms with Crippen molar-refractivity contribution < 1.29 is 9.13 Å². The smallest absolute Gasteiger partial charge is 0.164 e. The van der Waals surface area contributed by atoms with Crippen LogP contribution in [0.1, 0.15) is 24.5 Å². The number of hydrogen-bond acceptors (Lipinski definition) is 3. The highest BCUT2D eigenvalue weighted by Gasteiger charge is 2.22. The molecule has 1 N–H and O–H groups in total. The van der Waals surface area contributed by atoms with Crippen LogP contribution in [-0.2, 0) is 11.5 Å². The molecule has 1 aliphatic heterocycles. The molecule has 1 aliphatic rings. The zero-order chi connectivity index (χ0) is 14.6. The van der Waals surface area contributed by atoms with Gasteiger partial charge in [-0.15, -0.1) is 0 Å². The number of nitrogens with zero attached hydrogens (tertiary/aromatic N) is 2. The zero-order valence-electron chi connectivity index (χ0n) is 12.8. The van der Waals surface area contributed by atoms with Crippen molar-refractivity contribution in [2.75, 3.05) is 19.7 Å². The first-order valence-corrected chi connectivity index (χ1v) is 11.2. The molecule has 20 heavy (non-hydrogen) atoms. The van der Waals surface area contributed by atoms with Crippen LogP contribution in [0.4, 0.5) is 4.39 Å². The Morgan fingerprint density at radius 1 is 1.40 bits per heavy atom. The monoisotopic (exact) mass is 299 g/mol. The molecule has 0 radical (unpaired) electrons. The molecule has 2 rings (SSSR count). The SMILES string of the molecule is C[Si](C)(C)CCOCn1cc(F)c(C2CCNCC2)n1. The predicted molar refractivity (Wildman–Crippen MR) is 81.1 cm³/mol. The van der Waals surface area contributed by atoms with Gasteiger partial charge in [0.15, 0.2) is 5.82 Å². The van der Waals surface area contributed by atoms with Crippen molar-refractivity contribution in [3.05, 3.63) is 17.7 Å². The van der Waals surface area contributed by atoms with Gasteiger partial charge in [-0.3, -0.25) is 0 Å². The van der Waals surface area contributed by atoms with Crippen LogP contribution in [0.15, 0.2) is 6.20 Å². The lowest BCUT2D eigenvalue weighted by Crippen LogP contribution is -2.27. The molecule has 4 nitrogen and oxygen atoms in total. The number of piperidine rings is 1. The third-order valence-electron chi connectivity index (χ3n) is 3.69. The van der Waals surface area contributed by atoms with Gasteiger partial charge in [0.1, 0.15) is 12.4 Å². The molecule has 1 aromatic heterocycles. The summed E-state index contributed by atoms with van der Waals surface area (Å²) in [4.78, 5) is 0. The van der Waals surface area contributed by atoms with Crippen LogP contribution in [0.2, 0.25) is 25.7 Å². The first-order valence-electron chi connectivity index (χ1n) is 7.47. The molecule has 6 heteroatoms. The summed E-state index contributed by atoms with van der Waals surface area (Å²) in [6.07, 6.45) is 3.39. The molecule has 1 aromatic rings. The van der Waals surface area contributed by atoms with Gasteiger partial charge < -0.3 is 10.1 Å². The van der Waals surface area contributed by atoms with Crippen molar-refractivity contribution in [2.45, 2.75) is 51.2 Å². The van der Waals surface area contributed by atoms with E-state index in [0.717, 1.165) is 38.6 Å². The van der Waals surface area contributed by atoms with Gasteiger partial charge in [0.25, 0.3) is 0 Å². The van der Waals surface area contributed by atoms with Gasteiger partial charge in [-0.1, -0.05) is 19.6 Å². The van der Waals surface area contributed by atoms with Crippen LogP contribution in [-0.4, -0.2) is 37.6 Å². The lowest BCUT2D eigenvalue weighted by atomic mass is 9.95. The van der Waals surface area contributed by atoms with E-state index < -0.39 is 8.07 Å². The zero-order valence-corrected chi connectivity index (χ0v) is 13.8. The molecule has 1 fully saturated rings. The lowest BCUT2D eigenvalue weighted by Gasteiger charge is -2.20. The highest BCUT2D eigenvalue weighted by Crippen LogP contribution is 2.25. The van der Waals surface area contributed by atoms with E-state index in [1.165, 1.54) is 6.20 Å². The van der Waals surface area contributed by atoms with E-state index in [2.05, 4.69) is 30.1 Å². The molecule has 2 heterocycles. The molecule has 0 aromatic carbocycles. The number of rotatable bonds is 6. The van der Waals surface area contributed by atoms with Crippen molar-refractivity contribution in [2.24, 2.45) is 0 Å². The summed E-state index contributed by atoms with van der Waals surface area (Å²) in [6.45, 7) is 9.94. The van der Waals surface area contributed by atoms with Gasteiger partial charge in [-0.05, 0) is 32.0 Å². The maximum atomic E-state index is 13.9. The Kier molecular flexibility index (Phi) is 5.34. The Morgan fingerprint density at radius 2 is 2.10 bits per heavy atom. The van der Waals surface area contributed by atoms with E-state index in [9.17, 15) is 4.39 Å². The van der Waals surface area contributed by atoms with Gasteiger partial charge in [0.2, 0.25) is 0 Å². The third-order valence-corrected chi connectivity index (χ3v) is 5.39. The van der Waals surface area contributed by atoms with E-state index in [-0.39, 0.29) is 11.7 Å². The van der Waals surface area contributed by atoms with Gasteiger partial charge in [-0.25, -0.2) is 9.07 Å². The fourth-order valence-corrected chi connectivity index (χ4v) is 3.14.